The maximum Gasteiger partial charge on any atom is 0.243 e. The van der Waals surface area contributed by atoms with Crippen molar-refractivity contribution in [2.75, 3.05) is 17.2 Å². The molecule has 0 aliphatic heterocycles. The number of anilines is 2. The molecular formula is C18H21ClN2O2. The Hall–Kier alpha value is -2.20. The summed E-state index contributed by atoms with van der Waals surface area (Å²) in [6.45, 7) is 5.94. The fourth-order valence-corrected chi connectivity index (χ4v) is 2.26. The zero-order chi connectivity index (χ0) is 16.8. The second-order valence-corrected chi connectivity index (χ2v) is 5.88. The van der Waals surface area contributed by atoms with Gasteiger partial charge in [-0.25, -0.2) is 0 Å². The number of nitrogens with one attached hydrogen (secondary N) is 2. The lowest BCUT2D eigenvalue weighted by Crippen LogP contribution is -2.22. The van der Waals surface area contributed by atoms with Gasteiger partial charge in [0.25, 0.3) is 0 Å². The molecule has 0 unspecified atom stereocenters. The van der Waals surface area contributed by atoms with E-state index >= 15 is 0 Å². The van der Waals surface area contributed by atoms with E-state index < -0.39 is 0 Å². The molecule has 2 aromatic carbocycles. The van der Waals surface area contributed by atoms with Crippen LogP contribution >= 0.6 is 11.6 Å². The van der Waals surface area contributed by atoms with Crippen molar-refractivity contribution in [3.63, 3.8) is 0 Å². The smallest absolute Gasteiger partial charge is 0.243 e. The van der Waals surface area contributed by atoms with Crippen molar-refractivity contribution in [1.82, 2.24) is 0 Å². The first-order valence-electron chi connectivity index (χ1n) is 7.52. The molecule has 122 valence electrons. The van der Waals surface area contributed by atoms with Gasteiger partial charge in [-0.3, -0.25) is 4.79 Å². The summed E-state index contributed by atoms with van der Waals surface area (Å²) >= 11 is 6.06. The van der Waals surface area contributed by atoms with Gasteiger partial charge in [0.1, 0.15) is 5.75 Å². The molecule has 4 nitrogen and oxygen atoms in total. The third kappa shape index (κ3) is 4.89. The monoisotopic (exact) mass is 332 g/mol. The summed E-state index contributed by atoms with van der Waals surface area (Å²) in [6.07, 6.45) is 0.0703. The summed E-state index contributed by atoms with van der Waals surface area (Å²) < 4.78 is 5.72. The third-order valence-electron chi connectivity index (χ3n) is 3.23. The van der Waals surface area contributed by atoms with Gasteiger partial charge in [-0.05, 0) is 50.6 Å². The highest BCUT2D eigenvalue weighted by Crippen LogP contribution is 2.25. The maximum atomic E-state index is 12.1. The van der Waals surface area contributed by atoms with Gasteiger partial charge in [-0.1, -0.05) is 29.8 Å². The van der Waals surface area contributed by atoms with Crippen LogP contribution in [0.2, 0.25) is 5.02 Å². The predicted molar refractivity (Wildman–Crippen MR) is 95.5 cm³/mol. The molecule has 0 radical (unpaired) electrons. The number of halogens is 1. The van der Waals surface area contributed by atoms with E-state index in [9.17, 15) is 4.79 Å². The van der Waals surface area contributed by atoms with Crippen LogP contribution in [-0.2, 0) is 4.79 Å². The van der Waals surface area contributed by atoms with Crippen molar-refractivity contribution in [2.24, 2.45) is 0 Å². The van der Waals surface area contributed by atoms with E-state index in [0.717, 1.165) is 22.7 Å². The molecule has 0 aliphatic rings. The van der Waals surface area contributed by atoms with Gasteiger partial charge >= 0.3 is 0 Å². The molecule has 0 bridgehead atoms. The highest BCUT2D eigenvalue weighted by atomic mass is 35.5. The van der Waals surface area contributed by atoms with Crippen LogP contribution < -0.4 is 15.4 Å². The fourth-order valence-electron chi connectivity index (χ4n) is 2.08. The average Bonchev–Trinajstić information content (AvgIpc) is 2.50. The molecule has 1 amide bonds. The topological polar surface area (TPSA) is 50.4 Å². The van der Waals surface area contributed by atoms with E-state index in [4.69, 9.17) is 16.3 Å². The minimum atomic E-state index is -0.144. The van der Waals surface area contributed by atoms with Crippen molar-refractivity contribution in [3.05, 3.63) is 53.1 Å². The van der Waals surface area contributed by atoms with Gasteiger partial charge in [-0.2, -0.15) is 0 Å². The zero-order valence-electron chi connectivity index (χ0n) is 13.5. The quantitative estimate of drug-likeness (QED) is 0.819. The summed E-state index contributed by atoms with van der Waals surface area (Å²) in [4.78, 5) is 12.1. The SMILES string of the molecule is Cc1c(Cl)cccc1NC(=O)CNc1ccccc1OC(C)C. The molecule has 0 fully saturated rings. The van der Waals surface area contributed by atoms with Crippen LogP contribution in [0, 0.1) is 6.92 Å². The molecule has 2 aromatic rings. The van der Waals surface area contributed by atoms with Gasteiger partial charge in [0.2, 0.25) is 5.91 Å². The van der Waals surface area contributed by atoms with Gasteiger partial charge in [0.05, 0.1) is 18.3 Å². The van der Waals surface area contributed by atoms with E-state index in [-0.39, 0.29) is 18.6 Å². The number of amides is 1. The number of carbonyl (C=O) groups is 1. The Bertz CT molecular complexity index is 686. The first-order valence-corrected chi connectivity index (χ1v) is 7.89. The van der Waals surface area contributed by atoms with E-state index in [2.05, 4.69) is 10.6 Å². The Morgan fingerprint density at radius 2 is 1.83 bits per heavy atom. The van der Waals surface area contributed by atoms with Crippen molar-refractivity contribution < 1.29 is 9.53 Å². The molecule has 0 saturated heterocycles. The van der Waals surface area contributed by atoms with Crippen molar-refractivity contribution in [3.8, 4) is 5.75 Å². The Kier molecular flexibility index (Phi) is 5.88. The molecule has 2 N–H and O–H groups in total. The largest absolute Gasteiger partial charge is 0.489 e. The van der Waals surface area contributed by atoms with Crippen LogP contribution in [0.1, 0.15) is 19.4 Å². The van der Waals surface area contributed by atoms with Gasteiger partial charge in [0, 0.05) is 10.7 Å². The standard InChI is InChI=1S/C18H21ClN2O2/c1-12(2)23-17-10-5-4-8-16(17)20-11-18(22)21-15-9-6-7-14(19)13(15)3/h4-10,12,20H,11H2,1-3H3,(H,21,22). The van der Waals surface area contributed by atoms with Gasteiger partial charge in [-0.15, -0.1) is 0 Å². The summed E-state index contributed by atoms with van der Waals surface area (Å²) in [5.41, 5.74) is 2.36. The van der Waals surface area contributed by atoms with Crippen molar-refractivity contribution in [2.45, 2.75) is 26.9 Å². The molecule has 2 rings (SSSR count). The Balaban J connectivity index is 1.98. The number of carbonyl (C=O) groups excluding carboxylic acids is 1. The first-order chi connectivity index (χ1) is 11.0. The van der Waals surface area contributed by atoms with E-state index in [1.54, 1.807) is 6.07 Å². The second-order valence-electron chi connectivity index (χ2n) is 5.48. The summed E-state index contributed by atoms with van der Waals surface area (Å²) in [5.74, 6) is 0.587. The maximum absolute atomic E-state index is 12.1. The molecule has 0 atom stereocenters. The lowest BCUT2D eigenvalue weighted by atomic mass is 10.2. The molecule has 5 heteroatoms. The average molecular weight is 333 g/mol. The normalized spacial score (nSPS) is 10.5. The number of benzene rings is 2. The molecule has 0 spiro atoms. The highest BCUT2D eigenvalue weighted by Gasteiger charge is 2.09. The van der Waals surface area contributed by atoms with Gasteiger partial charge < -0.3 is 15.4 Å². The zero-order valence-corrected chi connectivity index (χ0v) is 14.3. The van der Waals surface area contributed by atoms with Crippen LogP contribution in [-0.4, -0.2) is 18.6 Å². The number of hydrogen-bond acceptors (Lipinski definition) is 3. The molecule has 0 aliphatic carbocycles. The van der Waals surface area contributed by atoms with E-state index in [1.165, 1.54) is 0 Å². The van der Waals surface area contributed by atoms with E-state index in [0.29, 0.717) is 5.02 Å². The lowest BCUT2D eigenvalue weighted by molar-refractivity contribution is -0.114. The molecular weight excluding hydrogens is 312 g/mol. The van der Waals surface area contributed by atoms with E-state index in [1.807, 2.05) is 57.2 Å². The number of para-hydroxylation sites is 2. The molecule has 0 aromatic heterocycles. The second kappa shape index (κ2) is 7.88. The van der Waals surface area contributed by atoms with Crippen LogP contribution in [0.4, 0.5) is 11.4 Å². The Labute approximate surface area is 141 Å². The summed E-state index contributed by atoms with van der Waals surface area (Å²) in [7, 11) is 0. The summed E-state index contributed by atoms with van der Waals surface area (Å²) in [6, 6.07) is 13.0. The predicted octanol–water partition coefficient (Wildman–Crippen LogP) is 4.49. The van der Waals surface area contributed by atoms with Crippen LogP contribution in [0.3, 0.4) is 0 Å². The van der Waals surface area contributed by atoms with Crippen LogP contribution in [0.25, 0.3) is 0 Å². The lowest BCUT2D eigenvalue weighted by Gasteiger charge is -2.15. The highest BCUT2D eigenvalue weighted by molar-refractivity contribution is 6.31. The Morgan fingerprint density at radius 1 is 1.13 bits per heavy atom. The third-order valence-corrected chi connectivity index (χ3v) is 3.64. The number of ether oxygens (including phenoxy) is 1. The Morgan fingerprint density at radius 3 is 2.57 bits per heavy atom. The van der Waals surface area contributed by atoms with Crippen LogP contribution in [0.5, 0.6) is 5.75 Å². The number of hydrogen-bond donors (Lipinski definition) is 2. The van der Waals surface area contributed by atoms with Crippen molar-refractivity contribution >= 4 is 28.9 Å². The molecule has 0 saturated carbocycles. The van der Waals surface area contributed by atoms with Gasteiger partial charge in [0.15, 0.2) is 0 Å². The number of rotatable bonds is 6. The molecule has 0 heterocycles. The molecule has 23 heavy (non-hydrogen) atoms. The minimum Gasteiger partial charge on any atom is -0.489 e. The van der Waals surface area contributed by atoms with Crippen molar-refractivity contribution in [1.29, 1.82) is 0 Å². The first kappa shape index (κ1) is 17.2. The van der Waals surface area contributed by atoms with Crippen LogP contribution in [0.15, 0.2) is 42.5 Å². The fraction of sp³-hybridized carbons (Fsp3) is 0.278. The minimum absolute atomic E-state index is 0.0703. The summed E-state index contributed by atoms with van der Waals surface area (Å²) in [5, 5.41) is 6.59.